The van der Waals surface area contributed by atoms with Gasteiger partial charge in [-0.2, -0.15) is 5.26 Å². The molecule has 0 spiro atoms. The average molecular weight is 264 g/mol. The molecule has 0 aliphatic carbocycles. The fourth-order valence-electron chi connectivity index (χ4n) is 2.28. The quantitative estimate of drug-likeness (QED) is 0.800. The summed E-state index contributed by atoms with van der Waals surface area (Å²) in [7, 11) is 0. The lowest BCUT2D eigenvalue weighted by Gasteiger charge is -2.11. The van der Waals surface area contributed by atoms with E-state index in [1.807, 2.05) is 12.1 Å². The van der Waals surface area contributed by atoms with Crippen LogP contribution in [0, 0.1) is 11.3 Å². The molecule has 0 saturated heterocycles. The number of aromatic nitrogens is 1. The van der Waals surface area contributed by atoms with Gasteiger partial charge in [-0.1, -0.05) is 38.1 Å². The highest BCUT2D eigenvalue weighted by atomic mass is 14.6. The van der Waals surface area contributed by atoms with Gasteiger partial charge < -0.3 is 0 Å². The molecular weight excluding hydrogens is 244 g/mol. The third-order valence-corrected chi connectivity index (χ3v) is 3.63. The Labute approximate surface area is 121 Å². The number of hydrogen-bond acceptors (Lipinski definition) is 2. The van der Waals surface area contributed by atoms with Gasteiger partial charge in [0.05, 0.1) is 12.0 Å². The fourth-order valence-corrected chi connectivity index (χ4v) is 2.28. The van der Waals surface area contributed by atoms with Crippen molar-refractivity contribution in [3.63, 3.8) is 0 Å². The Kier molecular flexibility index (Phi) is 4.90. The van der Waals surface area contributed by atoms with Gasteiger partial charge >= 0.3 is 0 Å². The van der Waals surface area contributed by atoms with Crippen molar-refractivity contribution in [3.8, 4) is 6.07 Å². The second-order valence-corrected chi connectivity index (χ2v) is 5.40. The first-order valence-corrected chi connectivity index (χ1v) is 7.09. The van der Waals surface area contributed by atoms with Crippen LogP contribution in [0.2, 0.25) is 0 Å². The van der Waals surface area contributed by atoms with Gasteiger partial charge in [0.2, 0.25) is 0 Å². The Hall–Kier alpha value is -2.14. The van der Waals surface area contributed by atoms with Crippen molar-refractivity contribution in [3.05, 3.63) is 65.5 Å². The third kappa shape index (κ3) is 3.68. The zero-order valence-electron chi connectivity index (χ0n) is 12.1. The maximum atomic E-state index is 9.37. The summed E-state index contributed by atoms with van der Waals surface area (Å²) in [5, 5.41) is 9.37. The van der Waals surface area contributed by atoms with E-state index in [1.165, 1.54) is 11.1 Å². The van der Waals surface area contributed by atoms with Crippen LogP contribution < -0.4 is 0 Å². The molecule has 0 bridgehead atoms. The number of nitriles is 1. The molecule has 1 heterocycles. The molecule has 2 nitrogen and oxygen atoms in total. The molecule has 0 saturated carbocycles. The topological polar surface area (TPSA) is 36.7 Å². The summed E-state index contributed by atoms with van der Waals surface area (Å²) < 4.78 is 0. The van der Waals surface area contributed by atoms with Crippen LogP contribution in [0.5, 0.6) is 0 Å². The van der Waals surface area contributed by atoms with E-state index in [0.29, 0.717) is 5.92 Å². The predicted molar refractivity (Wildman–Crippen MR) is 81.4 cm³/mol. The van der Waals surface area contributed by atoms with E-state index in [0.717, 1.165) is 18.4 Å². The third-order valence-electron chi connectivity index (χ3n) is 3.63. The Morgan fingerprint density at radius 1 is 1.00 bits per heavy atom. The SMILES string of the molecule is CC(C)c1ccc(C(C#N)CCc2ccncc2)cc1. The highest BCUT2D eigenvalue weighted by Gasteiger charge is 2.11. The van der Waals surface area contributed by atoms with E-state index >= 15 is 0 Å². The van der Waals surface area contributed by atoms with Crippen LogP contribution in [0.1, 0.15) is 48.8 Å². The molecule has 1 unspecified atom stereocenters. The van der Waals surface area contributed by atoms with Crippen molar-refractivity contribution < 1.29 is 0 Å². The van der Waals surface area contributed by atoms with Crippen molar-refractivity contribution >= 4 is 0 Å². The number of hydrogen-bond donors (Lipinski definition) is 0. The fraction of sp³-hybridized carbons (Fsp3) is 0.333. The zero-order valence-corrected chi connectivity index (χ0v) is 12.1. The van der Waals surface area contributed by atoms with Gasteiger partial charge in [-0.3, -0.25) is 4.98 Å². The van der Waals surface area contributed by atoms with Crippen LogP contribution in [-0.4, -0.2) is 4.98 Å². The molecular formula is C18H20N2. The van der Waals surface area contributed by atoms with Gasteiger partial charge in [0.15, 0.2) is 0 Å². The maximum absolute atomic E-state index is 9.37. The lowest BCUT2D eigenvalue weighted by Crippen LogP contribution is -1.99. The molecule has 0 aliphatic rings. The van der Waals surface area contributed by atoms with Crippen LogP contribution in [0.25, 0.3) is 0 Å². The van der Waals surface area contributed by atoms with Gasteiger partial charge in [0.1, 0.15) is 0 Å². The molecule has 2 heteroatoms. The molecule has 2 aromatic rings. The Morgan fingerprint density at radius 3 is 2.15 bits per heavy atom. The molecule has 0 N–H and O–H groups in total. The van der Waals surface area contributed by atoms with Crippen molar-refractivity contribution in [2.75, 3.05) is 0 Å². The van der Waals surface area contributed by atoms with Crippen molar-refractivity contribution in [2.24, 2.45) is 0 Å². The molecule has 1 aromatic carbocycles. The lowest BCUT2D eigenvalue weighted by molar-refractivity contribution is 0.744. The van der Waals surface area contributed by atoms with Crippen molar-refractivity contribution in [1.82, 2.24) is 4.98 Å². The van der Waals surface area contributed by atoms with E-state index in [-0.39, 0.29) is 5.92 Å². The molecule has 1 aromatic heterocycles. The molecule has 0 fully saturated rings. The van der Waals surface area contributed by atoms with Crippen LogP contribution in [0.15, 0.2) is 48.8 Å². The summed E-state index contributed by atoms with van der Waals surface area (Å²) in [4.78, 5) is 4.01. The highest BCUT2D eigenvalue weighted by Crippen LogP contribution is 2.23. The summed E-state index contributed by atoms with van der Waals surface area (Å²) in [6, 6.07) is 14.9. The lowest BCUT2D eigenvalue weighted by atomic mass is 9.92. The minimum absolute atomic E-state index is 0.0376. The molecule has 0 radical (unpaired) electrons. The van der Waals surface area contributed by atoms with Crippen LogP contribution in [0.4, 0.5) is 0 Å². The molecule has 2 rings (SSSR count). The molecule has 20 heavy (non-hydrogen) atoms. The van der Waals surface area contributed by atoms with Gasteiger partial charge in [-0.05, 0) is 47.6 Å². The van der Waals surface area contributed by atoms with Gasteiger partial charge in [-0.15, -0.1) is 0 Å². The second kappa shape index (κ2) is 6.86. The number of nitrogens with zero attached hydrogens (tertiary/aromatic N) is 2. The summed E-state index contributed by atoms with van der Waals surface area (Å²) in [5.41, 5.74) is 3.67. The standard InChI is InChI=1S/C18H20N2/c1-14(2)16-5-7-17(8-6-16)18(13-19)4-3-15-9-11-20-12-10-15/h5-12,14,18H,3-4H2,1-2H3. The van der Waals surface area contributed by atoms with Crippen molar-refractivity contribution in [2.45, 2.75) is 38.5 Å². The van der Waals surface area contributed by atoms with E-state index in [9.17, 15) is 5.26 Å². The average Bonchev–Trinajstić information content (AvgIpc) is 2.49. The first kappa shape index (κ1) is 14.3. The van der Waals surface area contributed by atoms with Gasteiger partial charge in [0.25, 0.3) is 0 Å². The number of benzene rings is 1. The van der Waals surface area contributed by atoms with Gasteiger partial charge in [0, 0.05) is 12.4 Å². The number of pyridine rings is 1. The van der Waals surface area contributed by atoms with Crippen LogP contribution in [-0.2, 0) is 6.42 Å². The zero-order chi connectivity index (χ0) is 14.4. The maximum Gasteiger partial charge on any atom is 0.0715 e. The normalized spacial score (nSPS) is 12.1. The molecule has 1 atom stereocenters. The first-order chi connectivity index (χ1) is 9.70. The monoisotopic (exact) mass is 264 g/mol. The largest absolute Gasteiger partial charge is 0.265 e. The number of aryl methyl sites for hydroxylation is 1. The summed E-state index contributed by atoms with van der Waals surface area (Å²) in [6.45, 7) is 4.36. The van der Waals surface area contributed by atoms with Gasteiger partial charge in [-0.25, -0.2) is 0 Å². The predicted octanol–water partition coefficient (Wildman–Crippen LogP) is 4.44. The minimum Gasteiger partial charge on any atom is -0.265 e. The van der Waals surface area contributed by atoms with E-state index < -0.39 is 0 Å². The Bertz CT molecular complexity index is 565. The Morgan fingerprint density at radius 2 is 1.60 bits per heavy atom. The van der Waals surface area contributed by atoms with Crippen LogP contribution >= 0.6 is 0 Å². The summed E-state index contributed by atoms with van der Waals surface area (Å²) in [5.74, 6) is 0.491. The molecule has 0 aliphatic heterocycles. The summed E-state index contributed by atoms with van der Waals surface area (Å²) >= 11 is 0. The van der Waals surface area contributed by atoms with E-state index in [4.69, 9.17) is 0 Å². The number of rotatable bonds is 5. The van der Waals surface area contributed by atoms with E-state index in [2.05, 4.69) is 49.2 Å². The smallest absolute Gasteiger partial charge is 0.0715 e. The molecule has 0 amide bonds. The first-order valence-electron chi connectivity index (χ1n) is 7.09. The highest BCUT2D eigenvalue weighted by molar-refractivity contribution is 5.30. The summed E-state index contributed by atoms with van der Waals surface area (Å²) in [6.07, 6.45) is 5.36. The molecule has 102 valence electrons. The Balaban J connectivity index is 2.03. The van der Waals surface area contributed by atoms with Crippen LogP contribution in [0.3, 0.4) is 0 Å². The second-order valence-electron chi connectivity index (χ2n) is 5.40. The van der Waals surface area contributed by atoms with Crippen molar-refractivity contribution in [1.29, 1.82) is 5.26 Å². The minimum atomic E-state index is -0.0376. The van der Waals surface area contributed by atoms with E-state index in [1.54, 1.807) is 12.4 Å².